The molecule has 0 aromatic heterocycles. The van der Waals surface area contributed by atoms with E-state index in [4.69, 9.17) is 11.6 Å². The Bertz CT molecular complexity index is 424. The molecule has 1 saturated heterocycles. The minimum atomic E-state index is -0.266. The van der Waals surface area contributed by atoms with Crippen LogP contribution in [-0.2, 0) is 0 Å². The summed E-state index contributed by atoms with van der Waals surface area (Å²) in [4.78, 5) is 0. The molecule has 0 aliphatic carbocycles. The number of halogens is 1. The number of thioether (sulfide) groups is 1. The van der Waals surface area contributed by atoms with Crippen LogP contribution in [0.2, 0.25) is 5.02 Å². The van der Waals surface area contributed by atoms with Gasteiger partial charge in [0.1, 0.15) is 0 Å². The van der Waals surface area contributed by atoms with Gasteiger partial charge in [-0.05, 0) is 29.7 Å². The van der Waals surface area contributed by atoms with Crippen LogP contribution >= 0.6 is 23.4 Å². The van der Waals surface area contributed by atoms with Crippen LogP contribution in [0.5, 0.6) is 0 Å². The number of rotatable bonds is 3. The lowest BCUT2D eigenvalue weighted by Crippen LogP contribution is -2.51. The van der Waals surface area contributed by atoms with Crippen molar-refractivity contribution in [2.24, 2.45) is 5.41 Å². The molecule has 0 spiro atoms. The first-order valence-corrected chi connectivity index (χ1v) is 7.71. The standard InChI is InChI=1S/C14H20ClNOS/c1-13(2)7-14(8-17,10-18-9-13)16-12-6-4-3-5-11(12)15/h3-6,16-17H,7-10H2,1-2H3. The van der Waals surface area contributed by atoms with Gasteiger partial charge in [0.25, 0.3) is 0 Å². The average molecular weight is 286 g/mol. The predicted molar refractivity (Wildman–Crippen MR) is 80.6 cm³/mol. The zero-order valence-corrected chi connectivity index (χ0v) is 12.4. The van der Waals surface area contributed by atoms with Crippen LogP contribution in [0.4, 0.5) is 5.69 Å². The summed E-state index contributed by atoms with van der Waals surface area (Å²) in [5.74, 6) is 2.05. The van der Waals surface area contributed by atoms with Crippen LogP contribution < -0.4 is 5.32 Å². The Balaban J connectivity index is 2.21. The van der Waals surface area contributed by atoms with Gasteiger partial charge in [-0.3, -0.25) is 0 Å². The van der Waals surface area contributed by atoms with Crippen molar-refractivity contribution in [1.82, 2.24) is 0 Å². The third-order valence-electron chi connectivity index (χ3n) is 3.26. The highest BCUT2D eigenvalue weighted by atomic mass is 35.5. The van der Waals surface area contributed by atoms with Crippen LogP contribution in [-0.4, -0.2) is 28.8 Å². The maximum atomic E-state index is 9.81. The smallest absolute Gasteiger partial charge is 0.0699 e. The zero-order chi connectivity index (χ0) is 13.2. The average Bonchev–Trinajstić information content (AvgIpc) is 2.31. The minimum Gasteiger partial charge on any atom is -0.394 e. The molecule has 0 saturated carbocycles. The number of aliphatic hydroxyl groups is 1. The maximum Gasteiger partial charge on any atom is 0.0699 e. The minimum absolute atomic E-state index is 0.134. The topological polar surface area (TPSA) is 32.3 Å². The molecule has 2 rings (SSSR count). The van der Waals surface area contributed by atoms with E-state index in [2.05, 4.69) is 19.2 Å². The molecule has 0 amide bonds. The Morgan fingerprint density at radius 1 is 1.33 bits per heavy atom. The van der Waals surface area contributed by atoms with E-state index in [-0.39, 0.29) is 17.6 Å². The summed E-state index contributed by atoms with van der Waals surface area (Å²) < 4.78 is 0. The lowest BCUT2D eigenvalue weighted by Gasteiger charge is -2.44. The monoisotopic (exact) mass is 285 g/mol. The fraction of sp³-hybridized carbons (Fsp3) is 0.571. The molecule has 1 aromatic carbocycles. The van der Waals surface area contributed by atoms with Crippen molar-refractivity contribution in [2.45, 2.75) is 25.8 Å². The molecule has 18 heavy (non-hydrogen) atoms. The van der Waals surface area contributed by atoms with E-state index in [1.54, 1.807) is 0 Å². The van der Waals surface area contributed by atoms with Crippen molar-refractivity contribution in [3.63, 3.8) is 0 Å². The van der Waals surface area contributed by atoms with E-state index < -0.39 is 0 Å². The summed E-state index contributed by atoms with van der Waals surface area (Å²) in [7, 11) is 0. The van der Waals surface area contributed by atoms with E-state index in [1.165, 1.54) is 0 Å². The van der Waals surface area contributed by atoms with Crippen molar-refractivity contribution in [1.29, 1.82) is 0 Å². The molecule has 0 radical (unpaired) electrons. The quantitative estimate of drug-likeness (QED) is 0.889. The maximum absolute atomic E-state index is 9.81. The summed E-state index contributed by atoms with van der Waals surface area (Å²) >= 11 is 8.08. The molecule has 4 heteroatoms. The van der Waals surface area contributed by atoms with Gasteiger partial charge in [-0.15, -0.1) is 0 Å². The first kappa shape index (κ1) is 14.0. The van der Waals surface area contributed by atoms with Crippen molar-refractivity contribution < 1.29 is 5.11 Å². The van der Waals surface area contributed by atoms with Gasteiger partial charge < -0.3 is 10.4 Å². The number of aliphatic hydroxyl groups excluding tert-OH is 1. The first-order chi connectivity index (χ1) is 8.46. The molecule has 0 bridgehead atoms. The molecule has 1 aliphatic rings. The normalized spacial score (nSPS) is 26.9. The number of anilines is 1. The Morgan fingerprint density at radius 3 is 2.67 bits per heavy atom. The molecule has 1 fully saturated rings. The van der Waals surface area contributed by atoms with Crippen molar-refractivity contribution >= 4 is 29.1 Å². The van der Waals surface area contributed by atoms with E-state index in [0.29, 0.717) is 5.02 Å². The fourth-order valence-electron chi connectivity index (χ4n) is 2.61. The number of hydrogen-bond donors (Lipinski definition) is 2. The fourth-order valence-corrected chi connectivity index (χ4v) is 4.21. The summed E-state index contributed by atoms with van der Waals surface area (Å²) in [6.07, 6.45) is 0.953. The molecular weight excluding hydrogens is 266 g/mol. The van der Waals surface area contributed by atoms with E-state index in [0.717, 1.165) is 23.6 Å². The number of benzene rings is 1. The number of nitrogens with one attached hydrogen (secondary N) is 1. The summed E-state index contributed by atoms with van der Waals surface area (Å²) in [5.41, 5.74) is 0.878. The highest BCUT2D eigenvalue weighted by molar-refractivity contribution is 7.99. The summed E-state index contributed by atoms with van der Waals surface area (Å²) in [6.45, 7) is 4.63. The molecular formula is C14H20ClNOS. The first-order valence-electron chi connectivity index (χ1n) is 6.18. The Morgan fingerprint density at radius 2 is 2.06 bits per heavy atom. The number of para-hydroxylation sites is 1. The van der Waals surface area contributed by atoms with Crippen molar-refractivity contribution in [3.8, 4) is 0 Å². The molecule has 1 unspecified atom stereocenters. The largest absolute Gasteiger partial charge is 0.394 e. The van der Waals surface area contributed by atoms with E-state index in [1.807, 2.05) is 36.0 Å². The van der Waals surface area contributed by atoms with E-state index in [9.17, 15) is 5.11 Å². The van der Waals surface area contributed by atoms with Crippen LogP contribution in [0.1, 0.15) is 20.3 Å². The van der Waals surface area contributed by atoms with Gasteiger partial charge in [0.2, 0.25) is 0 Å². The second kappa shape index (κ2) is 5.32. The van der Waals surface area contributed by atoms with Gasteiger partial charge in [-0.1, -0.05) is 37.6 Å². The predicted octanol–water partition coefficient (Wildman–Crippen LogP) is 3.65. The van der Waals surface area contributed by atoms with Gasteiger partial charge in [0.05, 0.1) is 22.9 Å². The Hall–Kier alpha value is -0.380. The molecule has 1 heterocycles. The molecule has 1 aliphatic heterocycles. The van der Waals surface area contributed by atoms with Crippen molar-refractivity contribution in [3.05, 3.63) is 29.3 Å². The Labute approximate surface area is 118 Å². The highest BCUT2D eigenvalue weighted by Crippen LogP contribution is 2.41. The second-order valence-corrected chi connectivity index (χ2v) is 7.27. The van der Waals surface area contributed by atoms with Gasteiger partial charge in [-0.25, -0.2) is 0 Å². The van der Waals surface area contributed by atoms with Gasteiger partial charge in [0.15, 0.2) is 0 Å². The second-order valence-electron chi connectivity index (χ2n) is 5.88. The zero-order valence-electron chi connectivity index (χ0n) is 10.9. The molecule has 2 nitrogen and oxygen atoms in total. The lowest BCUT2D eigenvalue weighted by atomic mass is 9.80. The van der Waals surface area contributed by atoms with Crippen LogP contribution in [0.15, 0.2) is 24.3 Å². The van der Waals surface area contributed by atoms with Crippen LogP contribution in [0.3, 0.4) is 0 Å². The third-order valence-corrected chi connectivity index (χ3v) is 5.34. The third kappa shape index (κ3) is 3.14. The Kier molecular flexibility index (Phi) is 4.15. The molecule has 2 N–H and O–H groups in total. The highest BCUT2D eigenvalue weighted by Gasteiger charge is 2.40. The van der Waals surface area contributed by atoms with Gasteiger partial charge in [-0.2, -0.15) is 11.8 Å². The molecule has 1 aromatic rings. The summed E-state index contributed by atoms with van der Waals surface area (Å²) in [6, 6.07) is 7.71. The lowest BCUT2D eigenvalue weighted by molar-refractivity contribution is 0.174. The number of hydrogen-bond acceptors (Lipinski definition) is 3. The van der Waals surface area contributed by atoms with Crippen LogP contribution in [0, 0.1) is 5.41 Å². The van der Waals surface area contributed by atoms with Crippen LogP contribution in [0.25, 0.3) is 0 Å². The van der Waals surface area contributed by atoms with Gasteiger partial charge in [0, 0.05) is 5.75 Å². The van der Waals surface area contributed by atoms with Gasteiger partial charge >= 0.3 is 0 Å². The molecule has 100 valence electrons. The van der Waals surface area contributed by atoms with Crippen molar-refractivity contribution in [2.75, 3.05) is 23.4 Å². The molecule has 1 atom stereocenters. The van der Waals surface area contributed by atoms with E-state index >= 15 is 0 Å². The SMILES string of the molecule is CC1(C)CSCC(CO)(Nc2ccccc2Cl)C1. The summed E-state index contributed by atoms with van der Waals surface area (Å²) in [5, 5.41) is 14.0.